The lowest BCUT2D eigenvalue weighted by Crippen LogP contribution is -2.47. The number of carbonyl (C=O) groups is 1. The third-order valence-electron chi connectivity index (χ3n) is 5.61. The van der Waals surface area contributed by atoms with Gasteiger partial charge in [-0.2, -0.15) is 13.2 Å². The number of piperidine rings is 1. The van der Waals surface area contributed by atoms with Crippen molar-refractivity contribution in [2.75, 3.05) is 45.3 Å². The Hall–Kier alpha value is -2.56. The fourth-order valence-corrected chi connectivity index (χ4v) is 3.99. The van der Waals surface area contributed by atoms with Crippen LogP contribution in [0.25, 0.3) is 0 Å². The van der Waals surface area contributed by atoms with Crippen LogP contribution in [0, 0.1) is 5.82 Å². The zero-order valence-electron chi connectivity index (χ0n) is 19.1. The minimum atomic E-state index is -4.75. The number of halogens is 5. The minimum absolute atomic E-state index is 0.0760. The first kappa shape index (κ1) is 27.0. The summed E-state index contributed by atoms with van der Waals surface area (Å²) in [5.41, 5.74) is 1.03. The van der Waals surface area contributed by atoms with Crippen LogP contribution in [0.5, 0.6) is 5.75 Å². The number of benzene rings is 2. The van der Waals surface area contributed by atoms with Crippen LogP contribution in [0.3, 0.4) is 0 Å². The highest BCUT2D eigenvalue weighted by molar-refractivity contribution is 6.30. The largest absolute Gasteiger partial charge is 0.488 e. The number of anilines is 1. The molecule has 1 unspecified atom stereocenters. The van der Waals surface area contributed by atoms with E-state index in [-0.39, 0.29) is 24.0 Å². The zero-order valence-corrected chi connectivity index (χ0v) is 19.9. The molecular weight excluding hydrogens is 492 g/mol. The number of amides is 1. The van der Waals surface area contributed by atoms with Gasteiger partial charge >= 0.3 is 12.3 Å². The van der Waals surface area contributed by atoms with E-state index in [1.54, 1.807) is 17.0 Å². The summed E-state index contributed by atoms with van der Waals surface area (Å²) in [4.78, 5) is 13.7. The highest BCUT2D eigenvalue weighted by Gasteiger charge is 2.44. The SMILES string of the molecule is COCCOc1cc([C@@H]2CCCN(CC(OC(=O)Nc3ccc(Cl)cc3)C(F)(F)F)C2)ccc1F. The molecular formula is C24H27ClF4N2O4. The summed E-state index contributed by atoms with van der Waals surface area (Å²) in [6.45, 7) is 0.690. The van der Waals surface area contributed by atoms with E-state index >= 15 is 0 Å². The number of hydrogen-bond donors (Lipinski definition) is 1. The number of nitrogens with one attached hydrogen (secondary N) is 1. The third kappa shape index (κ3) is 8.26. The molecule has 6 nitrogen and oxygen atoms in total. The van der Waals surface area contributed by atoms with Crippen molar-refractivity contribution in [3.63, 3.8) is 0 Å². The molecule has 3 rings (SSSR count). The number of rotatable bonds is 9. The summed E-state index contributed by atoms with van der Waals surface area (Å²) in [7, 11) is 1.51. The van der Waals surface area contributed by atoms with Crippen molar-refractivity contribution >= 4 is 23.4 Å². The van der Waals surface area contributed by atoms with Crippen LogP contribution in [-0.2, 0) is 9.47 Å². The van der Waals surface area contributed by atoms with Crippen molar-refractivity contribution in [2.24, 2.45) is 0 Å². The molecule has 0 spiro atoms. The van der Waals surface area contributed by atoms with Crippen LogP contribution in [0.4, 0.5) is 28.0 Å². The Labute approximate surface area is 206 Å². The number of nitrogens with zero attached hydrogens (tertiary/aromatic N) is 1. The zero-order chi connectivity index (χ0) is 25.4. The van der Waals surface area contributed by atoms with Gasteiger partial charge in [0, 0.05) is 30.9 Å². The number of alkyl halides is 3. The van der Waals surface area contributed by atoms with Crippen molar-refractivity contribution in [1.82, 2.24) is 4.90 Å². The summed E-state index contributed by atoms with van der Waals surface area (Å²) < 4.78 is 70.2. The van der Waals surface area contributed by atoms with Crippen LogP contribution in [0.1, 0.15) is 24.3 Å². The minimum Gasteiger partial charge on any atom is -0.488 e. The molecule has 0 saturated carbocycles. The molecule has 2 atom stereocenters. The Bertz CT molecular complexity index is 975. The van der Waals surface area contributed by atoms with E-state index in [2.05, 4.69) is 5.32 Å². The molecule has 1 fully saturated rings. The maximum absolute atomic E-state index is 14.1. The Morgan fingerprint density at radius 2 is 1.94 bits per heavy atom. The van der Waals surface area contributed by atoms with Crippen LogP contribution < -0.4 is 10.1 Å². The highest BCUT2D eigenvalue weighted by atomic mass is 35.5. The summed E-state index contributed by atoms with van der Waals surface area (Å²) in [5, 5.41) is 2.70. The molecule has 0 radical (unpaired) electrons. The van der Waals surface area contributed by atoms with Crippen LogP contribution in [-0.4, -0.2) is 63.2 Å². The summed E-state index contributed by atoms with van der Waals surface area (Å²) in [5.74, 6) is -0.562. The lowest BCUT2D eigenvalue weighted by atomic mass is 9.90. The summed E-state index contributed by atoms with van der Waals surface area (Å²) >= 11 is 5.77. The molecule has 35 heavy (non-hydrogen) atoms. The first-order valence-corrected chi connectivity index (χ1v) is 11.5. The fraction of sp³-hybridized carbons (Fsp3) is 0.458. The number of hydrogen-bond acceptors (Lipinski definition) is 5. The molecule has 192 valence electrons. The molecule has 1 N–H and O–H groups in total. The Balaban J connectivity index is 1.63. The van der Waals surface area contributed by atoms with Gasteiger partial charge in [0.15, 0.2) is 11.6 Å². The number of ether oxygens (including phenoxy) is 3. The Kier molecular flexibility index (Phi) is 9.59. The second kappa shape index (κ2) is 12.4. The summed E-state index contributed by atoms with van der Waals surface area (Å²) in [6, 6.07) is 10.4. The molecule has 0 aliphatic carbocycles. The molecule has 1 heterocycles. The van der Waals surface area contributed by atoms with Gasteiger partial charge in [-0.1, -0.05) is 17.7 Å². The van der Waals surface area contributed by atoms with Gasteiger partial charge in [0.05, 0.1) is 6.61 Å². The van der Waals surface area contributed by atoms with Gasteiger partial charge in [-0.3, -0.25) is 10.2 Å². The van der Waals surface area contributed by atoms with Crippen molar-refractivity contribution < 1.29 is 36.6 Å². The van der Waals surface area contributed by atoms with Crippen molar-refractivity contribution in [3.05, 3.63) is 58.9 Å². The van der Waals surface area contributed by atoms with Gasteiger partial charge in [-0.15, -0.1) is 0 Å². The first-order valence-electron chi connectivity index (χ1n) is 11.1. The van der Waals surface area contributed by atoms with E-state index in [1.807, 2.05) is 0 Å². The van der Waals surface area contributed by atoms with E-state index < -0.39 is 30.7 Å². The van der Waals surface area contributed by atoms with Gasteiger partial charge in [0.1, 0.15) is 6.61 Å². The smallest absolute Gasteiger partial charge is 0.426 e. The predicted molar refractivity (Wildman–Crippen MR) is 124 cm³/mol. The van der Waals surface area contributed by atoms with E-state index in [0.717, 1.165) is 12.0 Å². The maximum atomic E-state index is 14.1. The standard InChI is InChI=1S/C24H27ClF4N2O4/c1-33-11-12-34-21-13-16(4-9-20(21)26)17-3-2-10-31(14-17)15-22(24(27,28)29)35-23(32)30-19-7-5-18(25)6-8-19/h4-9,13,17,22H,2-3,10-12,14-15H2,1H3,(H,30,32)/t17-,22?/m1/s1. The van der Waals surface area contributed by atoms with E-state index in [0.29, 0.717) is 31.1 Å². The predicted octanol–water partition coefficient (Wildman–Crippen LogP) is 5.86. The monoisotopic (exact) mass is 518 g/mol. The van der Waals surface area contributed by atoms with Gasteiger partial charge in [0.25, 0.3) is 0 Å². The molecule has 0 aromatic heterocycles. The van der Waals surface area contributed by atoms with Gasteiger partial charge in [0.2, 0.25) is 6.10 Å². The summed E-state index contributed by atoms with van der Waals surface area (Å²) in [6.07, 6.45) is -6.89. The Morgan fingerprint density at radius 1 is 1.20 bits per heavy atom. The van der Waals surface area contributed by atoms with Gasteiger partial charge in [-0.25, -0.2) is 9.18 Å². The number of carbonyl (C=O) groups excluding carboxylic acids is 1. The number of methoxy groups -OCH3 is 1. The lowest BCUT2D eigenvalue weighted by molar-refractivity contribution is -0.207. The molecule has 2 aromatic rings. The van der Waals surface area contributed by atoms with Crippen LogP contribution in [0.2, 0.25) is 5.02 Å². The van der Waals surface area contributed by atoms with Crippen LogP contribution >= 0.6 is 11.6 Å². The quantitative estimate of drug-likeness (QED) is 0.333. The molecule has 11 heteroatoms. The molecule has 1 amide bonds. The number of likely N-dealkylation sites (tertiary alicyclic amines) is 1. The second-order valence-electron chi connectivity index (χ2n) is 8.20. The topological polar surface area (TPSA) is 60.0 Å². The van der Waals surface area contributed by atoms with Crippen molar-refractivity contribution in [1.29, 1.82) is 0 Å². The first-order chi connectivity index (χ1) is 16.7. The molecule has 1 saturated heterocycles. The lowest BCUT2D eigenvalue weighted by Gasteiger charge is -2.35. The molecule has 1 aliphatic heterocycles. The van der Waals surface area contributed by atoms with Crippen molar-refractivity contribution in [2.45, 2.75) is 31.0 Å². The van der Waals surface area contributed by atoms with E-state index in [9.17, 15) is 22.4 Å². The maximum Gasteiger partial charge on any atom is 0.426 e. The van der Waals surface area contributed by atoms with E-state index in [4.69, 9.17) is 25.8 Å². The normalized spacial score (nSPS) is 17.6. The van der Waals surface area contributed by atoms with Gasteiger partial charge < -0.3 is 14.2 Å². The fourth-order valence-electron chi connectivity index (χ4n) is 3.86. The van der Waals surface area contributed by atoms with E-state index in [1.165, 1.54) is 37.4 Å². The third-order valence-corrected chi connectivity index (χ3v) is 5.86. The second-order valence-corrected chi connectivity index (χ2v) is 8.63. The Morgan fingerprint density at radius 3 is 2.63 bits per heavy atom. The highest BCUT2D eigenvalue weighted by Crippen LogP contribution is 2.32. The average Bonchev–Trinajstić information content (AvgIpc) is 2.81. The average molecular weight is 519 g/mol. The van der Waals surface area contributed by atoms with Gasteiger partial charge in [-0.05, 0) is 67.3 Å². The molecule has 0 bridgehead atoms. The molecule has 1 aliphatic rings. The molecule has 2 aromatic carbocycles. The van der Waals surface area contributed by atoms with Crippen molar-refractivity contribution in [3.8, 4) is 5.75 Å². The van der Waals surface area contributed by atoms with Crippen LogP contribution in [0.15, 0.2) is 42.5 Å².